The first kappa shape index (κ1) is 16.2. The molecule has 0 spiro atoms. The van der Waals surface area contributed by atoms with Gasteiger partial charge in [0.05, 0.1) is 0 Å². The summed E-state index contributed by atoms with van der Waals surface area (Å²) in [4.78, 5) is 27.9. The van der Waals surface area contributed by atoms with E-state index in [0.29, 0.717) is 17.1 Å². The number of anilines is 2. The number of benzene rings is 1. The van der Waals surface area contributed by atoms with Crippen LogP contribution < -0.4 is 10.6 Å². The van der Waals surface area contributed by atoms with Crippen LogP contribution in [0.15, 0.2) is 73.0 Å². The molecule has 1 aromatic carbocycles. The predicted octanol–water partition coefficient (Wildman–Crippen LogP) is 3.40. The second-order valence-electron chi connectivity index (χ2n) is 4.62. The van der Waals surface area contributed by atoms with Crippen molar-refractivity contribution < 1.29 is 9.59 Å². The molecule has 2 aromatic rings. The summed E-state index contributed by atoms with van der Waals surface area (Å²) in [6.07, 6.45) is 8.25. The average molecular weight is 307 g/mol. The van der Waals surface area contributed by atoms with Crippen LogP contribution >= 0.6 is 0 Å². The summed E-state index contributed by atoms with van der Waals surface area (Å²) in [7, 11) is 0. The lowest BCUT2D eigenvalue weighted by molar-refractivity contribution is -0.111. The summed E-state index contributed by atoms with van der Waals surface area (Å²) in [5.74, 6) is -0.0733. The van der Waals surface area contributed by atoms with Crippen LogP contribution in [0.2, 0.25) is 0 Å². The first-order valence-corrected chi connectivity index (χ1v) is 7.12. The first-order chi connectivity index (χ1) is 11.2. The van der Waals surface area contributed by atoms with Gasteiger partial charge in [-0.3, -0.25) is 9.59 Å². The number of hydrogen-bond donors (Lipinski definition) is 2. The van der Waals surface area contributed by atoms with Crippen LogP contribution in [0, 0.1) is 0 Å². The number of rotatable bonds is 5. The molecule has 0 aliphatic rings. The number of pyridine rings is 1. The molecule has 1 aromatic heterocycles. The van der Waals surface area contributed by atoms with Gasteiger partial charge in [-0.1, -0.05) is 30.4 Å². The molecule has 5 heteroatoms. The molecule has 2 amide bonds. The summed E-state index contributed by atoms with van der Waals surface area (Å²) in [6.45, 7) is 1.87. The van der Waals surface area contributed by atoms with Crippen LogP contribution in [0.1, 0.15) is 17.3 Å². The van der Waals surface area contributed by atoms with E-state index in [9.17, 15) is 9.59 Å². The van der Waals surface area contributed by atoms with Gasteiger partial charge >= 0.3 is 0 Å². The number of carbonyl (C=O) groups excluding carboxylic acids is 2. The molecular formula is C18H17N3O2. The van der Waals surface area contributed by atoms with Gasteiger partial charge in [0.15, 0.2) is 0 Å². The van der Waals surface area contributed by atoms with Crippen molar-refractivity contribution in [1.29, 1.82) is 0 Å². The zero-order valence-electron chi connectivity index (χ0n) is 12.7. The average Bonchev–Trinajstić information content (AvgIpc) is 2.56. The molecule has 2 N–H and O–H groups in total. The molecule has 0 aliphatic heterocycles. The Morgan fingerprint density at radius 2 is 1.91 bits per heavy atom. The molecule has 0 aliphatic carbocycles. The summed E-state index contributed by atoms with van der Waals surface area (Å²) in [5, 5.41) is 5.40. The minimum Gasteiger partial charge on any atom is -0.322 e. The highest BCUT2D eigenvalue weighted by Gasteiger charge is 2.08. The summed E-state index contributed by atoms with van der Waals surface area (Å²) in [6, 6.07) is 12.0. The van der Waals surface area contributed by atoms with E-state index in [2.05, 4.69) is 15.6 Å². The fraction of sp³-hybridized carbons (Fsp3) is 0.0556. The van der Waals surface area contributed by atoms with E-state index in [1.165, 1.54) is 6.08 Å². The highest BCUT2D eigenvalue weighted by molar-refractivity contribution is 6.05. The summed E-state index contributed by atoms with van der Waals surface area (Å²) in [5.41, 5.74) is 0.986. The molecule has 0 fully saturated rings. The van der Waals surface area contributed by atoms with Crippen molar-refractivity contribution in [2.45, 2.75) is 6.92 Å². The highest BCUT2D eigenvalue weighted by Crippen LogP contribution is 2.12. The number of aromatic nitrogens is 1. The van der Waals surface area contributed by atoms with Crippen molar-refractivity contribution in [2.75, 3.05) is 10.6 Å². The Morgan fingerprint density at radius 1 is 1.04 bits per heavy atom. The predicted molar refractivity (Wildman–Crippen MR) is 91.2 cm³/mol. The van der Waals surface area contributed by atoms with Crippen LogP contribution in [0.25, 0.3) is 0 Å². The molecule has 116 valence electrons. The van der Waals surface area contributed by atoms with E-state index >= 15 is 0 Å². The molecule has 0 saturated heterocycles. The molecule has 0 bridgehead atoms. The van der Waals surface area contributed by atoms with Gasteiger partial charge in [-0.2, -0.15) is 0 Å². The Labute approximate surface area is 134 Å². The smallest absolute Gasteiger partial charge is 0.256 e. The number of nitrogens with zero attached hydrogens (tertiary/aromatic N) is 1. The number of amides is 2. The minimum atomic E-state index is -0.288. The Balaban J connectivity index is 2.04. The Kier molecular flexibility index (Phi) is 5.82. The van der Waals surface area contributed by atoms with Gasteiger partial charge in [-0.15, -0.1) is 0 Å². The van der Waals surface area contributed by atoms with E-state index in [0.717, 1.165) is 0 Å². The molecule has 0 unspecified atom stereocenters. The first-order valence-electron chi connectivity index (χ1n) is 7.12. The Bertz CT molecular complexity index is 737. The van der Waals surface area contributed by atoms with Gasteiger partial charge in [-0.05, 0) is 37.3 Å². The third-order valence-corrected chi connectivity index (χ3v) is 2.85. The molecular weight excluding hydrogens is 290 g/mol. The van der Waals surface area contributed by atoms with Gasteiger partial charge in [-0.25, -0.2) is 4.98 Å². The molecule has 0 saturated carbocycles. The fourth-order valence-corrected chi connectivity index (χ4v) is 1.80. The largest absolute Gasteiger partial charge is 0.322 e. The van der Waals surface area contributed by atoms with Gasteiger partial charge in [0.25, 0.3) is 5.91 Å². The monoisotopic (exact) mass is 307 g/mol. The number of hydrogen-bond acceptors (Lipinski definition) is 3. The van der Waals surface area contributed by atoms with Crippen LogP contribution in [-0.4, -0.2) is 16.8 Å². The van der Waals surface area contributed by atoms with Crippen LogP contribution in [0.5, 0.6) is 0 Å². The van der Waals surface area contributed by atoms with Crippen molar-refractivity contribution in [2.24, 2.45) is 0 Å². The van der Waals surface area contributed by atoms with E-state index in [1.807, 2.05) is 13.0 Å². The van der Waals surface area contributed by atoms with E-state index < -0.39 is 0 Å². The maximum Gasteiger partial charge on any atom is 0.256 e. The molecule has 0 atom stereocenters. The minimum absolute atomic E-state index is 0.259. The number of carbonyl (C=O) groups is 2. The lowest BCUT2D eigenvalue weighted by Crippen LogP contribution is -2.14. The SMILES string of the molecule is CC=CC=CC(=O)Nc1cccc(C(=O)Nc2ccccn2)c1. The molecule has 0 radical (unpaired) electrons. The van der Waals surface area contributed by atoms with Crippen molar-refractivity contribution in [3.8, 4) is 0 Å². The molecule has 1 heterocycles. The Hall–Kier alpha value is -3.21. The maximum atomic E-state index is 12.2. The van der Waals surface area contributed by atoms with Gasteiger partial charge in [0, 0.05) is 23.5 Å². The van der Waals surface area contributed by atoms with E-state index in [4.69, 9.17) is 0 Å². The maximum absolute atomic E-state index is 12.2. The van der Waals surface area contributed by atoms with Gasteiger partial charge < -0.3 is 10.6 Å². The van der Waals surface area contributed by atoms with Crippen molar-refractivity contribution in [3.05, 3.63) is 78.5 Å². The lowest BCUT2D eigenvalue weighted by Gasteiger charge is -2.06. The third kappa shape index (κ3) is 5.24. The second-order valence-corrected chi connectivity index (χ2v) is 4.62. The molecule has 23 heavy (non-hydrogen) atoms. The number of nitrogens with one attached hydrogen (secondary N) is 2. The third-order valence-electron chi connectivity index (χ3n) is 2.85. The van der Waals surface area contributed by atoms with Gasteiger partial charge in [0.2, 0.25) is 5.91 Å². The summed E-state index contributed by atoms with van der Waals surface area (Å²) < 4.78 is 0. The molecule has 5 nitrogen and oxygen atoms in total. The number of allylic oxidation sites excluding steroid dienone is 3. The topological polar surface area (TPSA) is 71.1 Å². The van der Waals surface area contributed by atoms with Crippen molar-refractivity contribution in [1.82, 2.24) is 4.98 Å². The lowest BCUT2D eigenvalue weighted by atomic mass is 10.2. The van der Waals surface area contributed by atoms with Crippen molar-refractivity contribution >= 4 is 23.3 Å². The standard InChI is InChI=1S/C18H17N3O2/c1-2-3-4-11-17(22)20-15-9-7-8-14(13-15)18(23)21-16-10-5-6-12-19-16/h2-13H,1H3,(H,20,22)(H,19,21,23). The van der Waals surface area contributed by atoms with Crippen LogP contribution in [0.4, 0.5) is 11.5 Å². The Morgan fingerprint density at radius 3 is 2.65 bits per heavy atom. The summed E-state index contributed by atoms with van der Waals surface area (Å²) >= 11 is 0. The zero-order valence-corrected chi connectivity index (χ0v) is 12.7. The highest BCUT2D eigenvalue weighted by atomic mass is 16.2. The van der Waals surface area contributed by atoms with E-state index in [1.54, 1.807) is 60.8 Å². The quantitative estimate of drug-likeness (QED) is 0.657. The fourth-order valence-electron chi connectivity index (χ4n) is 1.80. The normalized spacial score (nSPS) is 10.8. The van der Waals surface area contributed by atoms with Crippen molar-refractivity contribution in [3.63, 3.8) is 0 Å². The van der Waals surface area contributed by atoms with E-state index in [-0.39, 0.29) is 11.8 Å². The second kappa shape index (κ2) is 8.29. The molecule has 2 rings (SSSR count). The van der Waals surface area contributed by atoms with Gasteiger partial charge in [0.1, 0.15) is 5.82 Å². The zero-order chi connectivity index (χ0) is 16.5. The van der Waals surface area contributed by atoms with Crippen LogP contribution in [0.3, 0.4) is 0 Å². The van der Waals surface area contributed by atoms with Crippen LogP contribution in [-0.2, 0) is 4.79 Å².